The van der Waals surface area contributed by atoms with E-state index in [-0.39, 0.29) is 17.4 Å². The third-order valence-corrected chi connectivity index (χ3v) is 4.38. The van der Waals surface area contributed by atoms with E-state index in [2.05, 4.69) is 15.6 Å². The fourth-order valence-corrected chi connectivity index (χ4v) is 2.74. The number of aromatic nitrogens is 1. The molecule has 0 radical (unpaired) electrons. The van der Waals surface area contributed by atoms with Crippen molar-refractivity contribution in [1.82, 2.24) is 15.6 Å². The van der Waals surface area contributed by atoms with Gasteiger partial charge in [0.2, 0.25) is 5.91 Å². The maximum atomic E-state index is 12.6. The summed E-state index contributed by atoms with van der Waals surface area (Å²) >= 11 is 0. The average molecular weight is 275 g/mol. The molecule has 1 aromatic heterocycles. The van der Waals surface area contributed by atoms with Crippen LogP contribution in [0.5, 0.6) is 0 Å². The van der Waals surface area contributed by atoms with E-state index in [9.17, 15) is 4.79 Å². The normalized spacial score (nSPS) is 21.2. The molecule has 0 spiro atoms. The summed E-state index contributed by atoms with van der Waals surface area (Å²) in [5, 5.41) is 6.49. The highest BCUT2D eigenvalue weighted by molar-refractivity contribution is 5.82. The molecule has 2 N–H and O–H groups in total. The molecule has 2 atom stereocenters. The van der Waals surface area contributed by atoms with Crippen molar-refractivity contribution in [1.29, 1.82) is 0 Å². The molecule has 0 saturated carbocycles. The van der Waals surface area contributed by atoms with Gasteiger partial charge in [0.25, 0.3) is 0 Å². The van der Waals surface area contributed by atoms with E-state index in [1.54, 1.807) is 6.20 Å². The summed E-state index contributed by atoms with van der Waals surface area (Å²) in [6, 6.07) is 5.72. The van der Waals surface area contributed by atoms with Crippen LogP contribution in [-0.4, -0.2) is 24.0 Å². The molecular formula is C16H25N3O. The van der Waals surface area contributed by atoms with Crippen molar-refractivity contribution in [3.8, 4) is 0 Å². The molecule has 0 aromatic carbocycles. The first-order valence-electron chi connectivity index (χ1n) is 7.44. The number of piperidine rings is 1. The van der Waals surface area contributed by atoms with Crippen LogP contribution >= 0.6 is 0 Å². The zero-order valence-electron chi connectivity index (χ0n) is 12.6. The topological polar surface area (TPSA) is 54.0 Å². The highest BCUT2D eigenvalue weighted by Gasteiger charge is 2.37. The van der Waals surface area contributed by atoms with Gasteiger partial charge >= 0.3 is 0 Å². The van der Waals surface area contributed by atoms with E-state index in [1.807, 2.05) is 39.0 Å². The van der Waals surface area contributed by atoms with Crippen LogP contribution in [0.3, 0.4) is 0 Å². The summed E-state index contributed by atoms with van der Waals surface area (Å²) in [5.74, 6) is 0.511. The van der Waals surface area contributed by atoms with Crippen LogP contribution in [-0.2, 0) is 4.79 Å². The number of nitrogens with zero attached hydrogens (tertiary/aromatic N) is 1. The Balaban J connectivity index is 1.99. The molecule has 1 fully saturated rings. The maximum absolute atomic E-state index is 12.6. The summed E-state index contributed by atoms with van der Waals surface area (Å²) in [7, 11) is 0. The Morgan fingerprint density at radius 1 is 1.50 bits per heavy atom. The van der Waals surface area contributed by atoms with Crippen molar-refractivity contribution in [3.05, 3.63) is 30.1 Å². The molecule has 1 aromatic rings. The number of carbonyl (C=O) groups excluding carboxylic acids is 1. The second kappa shape index (κ2) is 6.35. The maximum Gasteiger partial charge on any atom is 0.226 e. The van der Waals surface area contributed by atoms with Gasteiger partial charge in [-0.05, 0) is 50.9 Å². The molecule has 0 aliphatic carbocycles. The molecule has 2 rings (SSSR count). The number of hydrogen-bond donors (Lipinski definition) is 2. The minimum atomic E-state index is -0.351. The van der Waals surface area contributed by atoms with Crippen molar-refractivity contribution in [2.45, 2.75) is 39.7 Å². The van der Waals surface area contributed by atoms with Crippen LogP contribution in [0.25, 0.3) is 0 Å². The van der Waals surface area contributed by atoms with Gasteiger partial charge in [-0.1, -0.05) is 19.9 Å². The molecular weight excluding hydrogens is 250 g/mol. The lowest BCUT2D eigenvalue weighted by atomic mass is 9.74. The summed E-state index contributed by atoms with van der Waals surface area (Å²) < 4.78 is 0. The van der Waals surface area contributed by atoms with E-state index < -0.39 is 0 Å². The molecule has 0 bridgehead atoms. The van der Waals surface area contributed by atoms with Crippen LogP contribution < -0.4 is 10.6 Å². The molecule has 1 saturated heterocycles. The first-order valence-corrected chi connectivity index (χ1v) is 7.44. The third kappa shape index (κ3) is 3.37. The van der Waals surface area contributed by atoms with E-state index >= 15 is 0 Å². The summed E-state index contributed by atoms with van der Waals surface area (Å²) in [5.41, 5.74) is 0.551. The van der Waals surface area contributed by atoms with E-state index in [0.717, 1.165) is 31.6 Å². The van der Waals surface area contributed by atoms with Gasteiger partial charge in [-0.15, -0.1) is 0 Å². The van der Waals surface area contributed by atoms with Crippen molar-refractivity contribution in [3.63, 3.8) is 0 Å². The van der Waals surface area contributed by atoms with Crippen LogP contribution in [0.2, 0.25) is 0 Å². The predicted molar refractivity (Wildman–Crippen MR) is 80.2 cm³/mol. The van der Waals surface area contributed by atoms with Gasteiger partial charge in [0, 0.05) is 11.6 Å². The first-order chi connectivity index (χ1) is 9.51. The number of amides is 1. The fraction of sp³-hybridized carbons (Fsp3) is 0.625. The Kier molecular flexibility index (Phi) is 4.76. The lowest BCUT2D eigenvalue weighted by molar-refractivity contribution is -0.133. The molecule has 110 valence electrons. The standard InChI is InChI=1S/C16H25N3O/c1-12(14-8-4-5-10-18-14)19-15(20)16(2,3)13-7-6-9-17-11-13/h4-5,8,10,12-13,17H,6-7,9,11H2,1-3H3,(H,19,20)/t12-,13?/m0/s1. The minimum absolute atomic E-state index is 0.0560. The van der Waals surface area contributed by atoms with Gasteiger partial charge in [-0.25, -0.2) is 0 Å². The Hall–Kier alpha value is -1.42. The highest BCUT2D eigenvalue weighted by atomic mass is 16.2. The Labute approximate surface area is 121 Å². The largest absolute Gasteiger partial charge is 0.348 e. The number of rotatable bonds is 4. The van der Waals surface area contributed by atoms with Gasteiger partial charge in [-0.2, -0.15) is 0 Å². The predicted octanol–water partition coefficient (Wildman–Crippen LogP) is 2.28. The summed E-state index contributed by atoms with van der Waals surface area (Å²) in [6.07, 6.45) is 4.02. The van der Waals surface area contributed by atoms with Gasteiger partial charge in [0.15, 0.2) is 0 Å². The van der Waals surface area contributed by atoms with Crippen LogP contribution in [0.1, 0.15) is 45.3 Å². The molecule has 4 nitrogen and oxygen atoms in total. The molecule has 1 unspecified atom stereocenters. The molecule has 1 aliphatic rings. The third-order valence-electron chi connectivity index (χ3n) is 4.38. The number of pyridine rings is 1. The van der Waals surface area contributed by atoms with Crippen molar-refractivity contribution < 1.29 is 4.79 Å². The molecule has 4 heteroatoms. The summed E-state index contributed by atoms with van der Waals surface area (Å²) in [6.45, 7) is 8.07. The first kappa shape index (κ1) is 15.0. The SMILES string of the molecule is C[C@H](NC(=O)C(C)(C)C1CCCNC1)c1ccccn1. The molecule has 2 heterocycles. The Morgan fingerprint density at radius 2 is 2.30 bits per heavy atom. The van der Waals surface area contributed by atoms with Gasteiger partial charge in [0.1, 0.15) is 0 Å². The zero-order valence-corrected chi connectivity index (χ0v) is 12.6. The van der Waals surface area contributed by atoms with Crippen molar-refractivity contribution >= 4 is 5.91 Å². The Morgan fingerprint density at radius 3 is 2.90 bits per heavy atom. The van der Waals surface area contributed by atoms with Crippen LogP contribution in [0, 0.1) is 11.3 Å². The lowest BCUT2D eigenvalue weighted by Crippen LogP contribution is -2.47. The quantitative estimate of drug-likeness (QED) is 0.886. The average Bonchev–Trinajstić information content (AvgIpc) is 2.49. The highest BCUT2D eigenvalue weighted by Crippen LogP contribution is 2.32. The Bertz CT molecular complexity index is 438. The van der Waals surface area contributed by atoms with E-state index in [4.69, 9.17) is 0 Å². The second-order valence-corrected chi connectivity index (χ2v) is 6.21. The van der Waals surface area contributed by atoms with Gasteiger partial charge in [-0.3, -0.25) is 9.78 Å². The lowest BCUT2D eigenvalue weighted by Gasteiger charge is -2.36. The second-order valence-electron chi connectivity index (χ2n) is 6.21. The molecule has 20 heavy (non-hydrogen) atoms. The number of nitrogens with one attached hydrogen (secondary N) is 2. The van der Waals surface area contributed by atoms with Crippen molar-refractivity contribution in [2.24, 2.45) is 11.3 Å². The zero-order chi connectivity index (χ0) is 14.6. The smallest absolute Gasteiger partial charge is 0.226 e. The van der Waals surface area contributed by atoms with Gasteiger partial charge < -0.3 is 10.6 Å². The van der Waals surface area contributed by atoms with E-state index in [0.29, 0.717) is 5.92 Å². The van der Waals surface area contributed by atoms with Crippen molar-refractivity contribution in [2.75, 3.05) is 13.1 Å². The minimum Gasteiger partial charge on any atom is -0.348 e. The van der Waals surface area contributed by atoms with Crippen LogP contribution in [0.4, 0.5) is 0 Å². The van der Waals surface area contributed by atoms with Crippen LogP contribution in [0.15, 0.2) is 24.4 Å². The summed E-state index contributed by atoms with van der Waals surface area (Å²) in [4.78, 5) is 16.9. The van der Waals surface area contributed by atoms with Gasteiger partial charge in [0.05, 0.1) is 11.7 Å². The fourth-order valence-electron chi connectivity index (χ4n) is 2.74. The molecule has 1 amide bonds. The molecule has 1 aliphatic heterocycles. The number of hydrogen-bond acceptors (Lipinski definition) is 3. The van der Waals surface area contributed by atoms with E-state index in [1.165, 1.54) is 0 Å². The number of carbonyl (C=O) groups is 1. The monoisotopic (exact) mass is 275 g/mol.